The van der Waals surface area contributed by atoms with E-state index < -0.39 is 0 Å². The minimum Gasteiger partial charge on any atom is -0.324 e. The summed E-state index contributed by atoms with van der Waals surface area (Å²) in [6, 6.07) is 16.0. The average Bonchev–Trinajstić information content (AvgIpc) is 2.96. The molecule has 0 saturated heterocycles. The van der Waals surface area contributed by atoms with Gasteiger partial charge in [-0.25, -0.2) is 4.98 Å². The van der Waals surface area contributed by atoms with Gasteiger partial charge in [-0.2, -0.15) is 0 Å². The summed E-state index contributed by atoms with van der Waals surface area (Å²) in [7, 11) is 0. The fraction of sp³-hybridized carbons (Fsp3) is 0.300. The summed E-state index contributed by atoms with van der Waals surface area (Å²) in [4.78, 5) is 20.0. The highest BCUT2D eigenvalue weighted by atomic mass is 16.2. The zero-order valence-electron chi connectivity index (χ0n) is 14.3. The Morgan fingerprint density at radius 3 is 2.46 bits per heavy atom. The first-order chi connectivity index (χ1) is 11.5. The molecule has 0 unspecified atom stereocenters. The van der Waals surface area contributed by atoms with Crippen LogP contribution in [0.1, 0.15) is 37.8 Å². The number of rotatable bonds is 5. The van der Waals surface area contributed by atoms with E-state index in [2.05, 4.69) is 41.3 Å². The van der Waals surface area contributed by atoms with Gasteiger partial charge in [-0.3, -0.25) is 10.1 Å². The van der Waals surface area contributed by atoms with Crippen LogP contribution in [0, 0.1) is 5.92 Å². The van der Waals surface area contributed by atoms with E-state index in [1.807, 2.05) is 43.3 Å². The quantitative estimate of drug-likeness (QED) is 0.726. The summed E-state index contributed by atoms with van der Waals surface area (Å²) in [5.41, 5.74) is 4.08. The number of hydrogen-bond acceptors (Lipinski definition) is 2. The maximum absolute atomic E-state index is 12.5. The van der Waals surface area contributed by atoms with Crippen LogP contribution in [0.2, 0.25) is 0 Å². The van der Waals surface area contributed by atoms with Crippen LogP contribution >= 0.6 is 0 Å². The highest BCUT2D eigenvalue weighted by Gasteiger charge is 2.16. The summed E-state index contributed by atoms with van der Waals surface area (Å²) >= 11 is 0. The van der Waals surface area contributed by atoms with Crippen LogP contribution in [0.15, 0.2) is 48.5 Å². The Morgan fingerprint density at radius 2 is 1.79 bits per heavy atom. The molecule has 0 radical (unpaired) electrons. The molecular weight excluding hydrogens is 298 g/mol. The Labute approximate surface area is 142 Å². The van der Waals surface area contributed by atoms with E-state index in [9.17, 15) is 4.79 Å². The summed E-state index contributed by atoms with van der Waals surface area (Å²) in [5.74, 6) is 0.825. The summed E-state index contributed by atoms with van der Waals surface area (Å²) < 4.78 is 0. The van der Waals surface area contributed by atoms with Gasteiger partial charge in [-0.1, -0.05) is 50.2 Å². The van der Waals surface area contributed by atoms with Gasteiger partial charge in [0.2, 0.25) is 11.9 Å². The minimum atomic E-state index is -0.230. The fourth-order valence-corrected chi connectivity index (χ4v) is 2.80. The number of carbonyl (C=O) groups is 1. The van der Waals surface area contributed by atoms with Gasteiger partial charge >= 0.3 is 0 Å². The Kier molecular flexibility index (Phi) is 4.65. The van der Waals surface area contributed by atoms with Gasteiger partial charge < -0.3 is 4.98 Å². The third kappa shape index (κ3) is 3.65. The third-order valence-electron chi connectivity index (χ3n) is 4.15. The van der Waals surface area contributed by atoms with Gasteiger partial charge in [0.25, 0.3) is 0 Å². The zero-order chi connectivity index (χ0) is 17.1. The van der Waals surface area contributed by atoms with E-state index in [1.54, 1.807) is 0 Å². The molecule has 0 bridgehead atoms. The maximum atomic E-state index is 12.5. The lowest BCUT2D eigenvalue weighted by atomic mass is 9.96. The van der Waals surface area contributed by atoms with E-state index in [1.165, 1.54) is 5.56 Å². The summed E-state index contributed by atoms with van der Waals surface area (Å²) in [6.45, 7) is 6.32. The standard InChI is InChI=1S/C20H23N3O/c1-13(2)12-15-8-10-16(11-9-15)14(3)19(24)23-20-21-17-6-4-5-7-18(17)22-20/h4-11,13-14H,12H2,1-3H3,(H2,21,22,23,24)/t14-/m0/s1. The normalized spacial score (nSPS) is 12.5. The molecule has 0 spiro atoms. The van der Waals surface area contributed by atoms with Gasteiger partial charge in [0.05, 0.1) is 17.0 Å². The number of nitrogens with zero attached hydrogens (tertiary/aromatic N) is 1. The average molecular weight is 321 g/mol. The summed E-state index contributed by atoms with van der Waals surface area (Å²) in [6.07, 6.45) is 1.06. The lowest BCUT2D eigenvalue weighted by Gasteiger charge is -2.12. The fourth-order valence-electron chi connectivity index (χ4n) is 2.80. The van der Waals surface area contributed by atoms with Crippen molar-refractivity contribution >= 4 is 22.9 Å². The van der Waals surface area contributed by atoms with Crippen molar-refractivity contribution in [2.24, 2.45) is 5.92 Å². The molecule has 24 heavy (non-hydrogen) atoms. The predicted octanol–water partition coefficient (Wildman–Crippen LogP) is 4.50. The second kappa shape index (κ2) is 6.87. The molecule has 1 heterocycles. The molecule has 3 rings (SSSR count). The number of H-pyrrole nitrogens is 1. The topological polar surface area (TPSA) is 57.8 Å². The molecule has 4 heteroatoms. The second-order valence-electron chi connectivity index (χ2n) is 6.65. The molecule has 1 amide bonds. The van der Waals surface area contributed by atoms with Crippen LogP contribution in [-0.4, -0.2) is 15.9 Å². The molecule has 2 N–H and O–H groups in total. The van der Waals surface area contributed by atoms with Crippen LogP contribution in [0.25, 0.3) is 11.0 Å². The van der Waals surface area contributed by atoms with Crippen LogP contribution in [-0.2, 0) is 11.2 Å². The van der Waals surface area contributed by atoms with Crippen LogP contribution < -0.4 is 5.32 Å². The van der Waals surface area contributed by atoms with Gasteiger partial charge in [-0.05, 0) is 42.5 Å². The monoisotopic (exact) mass is 321 g/mol. The smallest absolute Gasteiger partial charge is 0.233 e. The third-order valence-corrected chi connectivity index (χ3v) is 4.15. The molecule has 0 aliphatic carbocycles. The molecule has 1 atom stereocenters. The number of imidazole rings is 1. The highest BCUT2D eigenvalue weighted by Crippen LogP contribution is 2.20. The number of hydrogen-bond donors (Lipinski definition) is 2. The van der Waals surface area contributed by atoms with Crippen LogP contribution in [0.4, 0.5) is 5.95 Å². The number of nitrogens with one attached hydrogen (secondary N) is 2. The Balaban J connectivity index is 1.69. The number of aromatic amines is 1. The van der Waals surface area contributed by atoms with E-state index >= 15 is 0 Å². The molecule has 3 aromatic rings. The van der Waals surface area contributed by atoms with Crippen molar-refractivity contribution in [3.05, 3.63) is 59.7 Å². The van der Waals surface area contributed by atoms with Crippen LogP contribution in [0.3, 0.4) is 0 Å². The van der Waals surface area contributed by atoms with Gasteiger partial charge in [0, 0.05) is 0 Å². The Hall–Kier alpha value is -2.62. The minimum absolute atomic E-state index is 0.0642. The van der Waals surface area contributed by atoms with Crippen molar-refractivity contribution in [2.75, 3.05) is 5.32 Å². The largest absolute Gasteiger partial charge is 0.324 e. The molecule has 124 valence electrons. The van der Waals surface area contributed by atoms with E-state index in [0.717, 1.165) is 23.0 Å². The van der Waals surface area contributed by atoms with Crippen molar-refractivity contribution in [3.8, 4) is 0 Å². The molecule has 0 saturated carbocycles. The van der Waals surface area contributed by atoms with Crippen molar-refractivity contribution in [3.63, 3.8) is 0 Å². The predicted molar refractivity (Wildman–Crippen MR) is 98.1 cm³/mol. The lowest BCUT2D eigenvalue weighted by molar-refractivity contribution is -0.117. The molecule has 0 fully saturated rings. The SMILES string of the molecule is CC(C)Cc1ccc([C@H](C)C(=O)Nc2nc3ccccc3[nH]2)cc1. The van der Waals surface area contributed by atoms with Crippen molar-refractivity contribution < 1.29 is 4.79 Å². The first kappa shape index (κ1) is 16.2. The van der Waals surface area contributed by atoms with Crippen molar-refractivity contribution in [1.29, 1.82) is 0 Å². The van der Waals surface area contributed by atoms with Gasteiger partial charge in [0.1, 0.15) is 0 Å². The molecular formula is C20H23N3O. The number of carbonyl (C=O) groups excluding carboxylic acids is 1. The Morgan fingerprint density at radius 1 is 1.08 bits per heavy atom. The highest BCUT2D eigenvalue weighted by molar-refractivity contribution is 5.95. The number of para-hydroxylation sites is 2. The first-order valence-corrected chi connectivity index (χ1v) is 8.37. The maximum Gasteiger partial charge on any atom is 0.233 e. The lowest BCUT2D eigenvalue weighted by Crippen LogP contribution is -2.19. The number of amides is 1. The number of fused-ring (bicyclic) bond motifs is 1. The van der Waals surface area contributed by atoms with Crippen LogP contribution in [0.5, 0.6) is 0 Å². The number of benzene rings is 2. The Bertz CT molecular complexity index is 800. The zero-order valence-corrected chi connectivity index (χ0v) is 14.3. The van der Waals surface area contributed by atoms with Gasteiger partial charge in [0.15, 0.2) is 0 Å². The number of anilines is 1. The van der Waals surface area contributed by atoms with Crippen molar-refractivity contribution in [2.45, 2.75) is 33.1 Å². The number of aromatic nitrogens is 2. The first-order valence-electron chi connectivity index (χ1n) is 8.37. The van der Waals surface area contributed by atoms with E-state index in [4.69, 9.17) is 0 Å². The van der Waals surface area contributed by atoms with Crippen molar-refractivity contribution in [1.82, 2.24) is 9.97 Å². The van der Waals surface area contributed by atoms with E-state index in [0.29, 0.717) is 11.9 Å². The molecule has 2 aromatic carbocycles. The van der Waals surface area contributed by atoms with E-state index in [-0.39, 0.29) is 11.8 Å². The summed E-state index contributed by atoms with van der Waals surface area (Å²) in [5, 5.41) is 2.87. The van der Waals surface area contributed by atoms with Gasteiger partial charge in [-0.15, -0.1) is 0 Å². The molecule has 4 nitrogen and oxygen atoms in total. The molecule has 0 aliphatic rings. The molecule has 0 aliphatic heterocycles. The second-order valence-corrected chi connectivity index (χ2v) is 6.65. The molecule has 1 aromatic heterocycles.